The van der Waals surface area contributed by atoms with Crippen molar-refractivity contribution in [3.05, 3.63) is 119 Å². The first kappa shape index (κ1) is 41.1. The van der Waals surface area contributed by atoms with Crippen molar-refractivity contribution in [2.75, 3.05) is 24.9 Å². The third kappa shape index (κ3) is 8.88. The first-order valence-electron chi connectivity index (χ1n) is 18.6. The van der Waals surface area contributed by atoms with Crippen molar-refractivity contribution in [1.29, 1.82) is 0 Å². The minimum absolute atomic E-state index is 0.00949. The molecule has 5 rings (SSSR count). The number of ether oxygens (including phenoxy) is 2. The van der Waals surface area contributed by atoms with Crippen molar-refractivity contribution >= 4 is 41.2 Å². The second-order valence-electron chi connectivity index (χ2n) is 14.8. The largest absolute Gasteiger partial charge is 0.501 e. The van der Waals surface area contributed by atoms with Crippen molar-refractivity contribution in [2.24, 2.45) is 17.8 Å². The van der Waals surface area contributed by atoms with E-state index in [1.807, 2.05) is 64.1 Å². The number of para-hydroxylation sites is 1. The number of aryl methyl sites for hydroxylation is 1. The molecule has 0 aromatic heterocycles. The number of benzene rings is 3. The molecule has 4 N–H and O–H groups in total. The van der Waals surface area contributed by atoms with Gasteiger partial charge in [-0.15, -0.1) is 0 Å². The summed E-state index contributed by atoms with van der Waals surface area (Å²) in [6, 6.07) is 20.0. The minimum Gasteiger partial charge on any atom is -0.501 e. The van der Waals surface area contributed by atoms with E-state index >= 15 is 0 Å². The number of anilines is 2. The van der Waals surface area contributed by atoms with Crippen molar-refractivity contribution in [3.63, 3.8) is 0 Å². The van der Waals surface area contributed by atoms with Crippen LogP contribution >= 0.6 is 0 Å². The van der Waals surface area contributed by atoms with Gasteiger partial charge in [-0.2, -0.15) is 0 Å². The molecule has 0 spiro atoms. The predicted molar refractivity (Wildman–Crippen MR) is 212 cm³/mol. The number of nitrogens with zero attached hydrogens (tertiary/aromatic N) is 2. The van der Waals surface area contributed by atoms with Crippen molar-refractivity contribution in [3.8, 4) is 0 Å². The molecule has 0 saturated carbocycles. The fourth-order valence-corrected chi connectivity index (χ4v) is 7.48. The Morgan fingerprint density at radius 1 is 0.911 bits per heavy atom. The molecule has 1 fully saturated rings. The number of carbonyl (C=O) groups is 5. The predicted octanol–water partition coefficient (Wildman–Crippen LogP) is 7.02. The molecule has 3 aromatic carbocycles. The first-order valence-corrected chi connectivity index (χ1v) is 18.6. The van der Waals surface area contributed by atoms with Crippen LogP contribution in [0.1, 0.15) is 57.2 Å². The lowest BCUT2D eigenvalue weighted by molar-refractivity contribution is -0.141. The zero-order valence-corrected chi connectivity index (χ0v) is 32.9. The summed E-state index contributed by atoms with van der Waals surface area (Å²) < 4.78 is 11.1. The van der Waals surface area contributed by atoms with Gasteiger partial charge in [0.15, 0.2) is 0 Å². The average Bonchev–Trinajstić information content (AvgIpc) is 3.35. The van der Waals surface area contributed by atoms with Gasteiger partial charge in [-0.3, -0.25) is 14.4 Å². The Labute approximate surface area is 327 Å². The molecule has 296 valence electrons. The van der Waals surface area contributed by atoms with Crippen molar-refractivity contribution in [2.45, 2.75) is 71.6 Å². The van der Waals surface area contributed by atoms with Gasteiger partial charge in [0, 0.05) is 36.0 Å². The van der Waals surface area contributed by atoms with Gasteiger partial charge in [-0.1, -0.05) is 81.4 Å². The maximum Gasteiger partial charge on any atom is 0.329 e. The number of rotatable bonds is 15. The summed E-state index contributed by atoms with van der Waals surface area (Å²) in [6.07, 6.45) is 3.20. The molecule has 2 aliphatic rings. The lowest BCUT2D eigenvalue weighted by Gasteiger charge is -2.35. The molecular formula is C43H51N5O8. The molecular weight excluding hydrogens is 714 g/mol. The Morgan fingerprint density at radius 3 is 2.18 bits per heavy atom. The topological polar surface area (TPSA) is 167 Å². The lowest BCUT2D eigenvalue weighted by atomic mass is 9.80. The zero-order chi connectivity index (χ0) is 40.7. The Kier molecular flexibility index (Phi) is 12.9. The van der Waals surface area contributed by atoms with Gasteiger partial charge in [0.25, 0.3) is 5.91 Å². The number of nitrogens with one attached hydrogen (secondary N) is 3. The van der Waals surface area contributed by atoms with E-state index in [1.165, 1.54) is 19.1 Å². The van der Waals surface area contributed by atoms with Crippen LogP contribution in [0.25, 0.3) is 0 Å². The van der Waals surface area contributed by atoms with E-state index in [4.69, 9.17) is 9.47 Å². The summed E-state index contributed by atoms with van der Waals surface area (Å²) in [7, 11) is 2.99. The number of amides is 6. The molecule has 0 radical (unpaired) electrons. The van der Waals surface area contributed by atoms with Crippen molar-refractivity contribution in [1.82, 2.24) is 15.1 Å². The standard InChI is InChI=1S/C43H51N5O8/c1-26(2)21-35(39(51)45-34(24-37(49)50)38-28(4)22-32(55-6)23-36(38)56-7)48-40(52)43(5,30-14-9-8-10-15-30)47(42(48)54)25-29-17-19-31(20-18-29)44-41(53)46-33-16-12-11-13-27(33)3/h8-20,22-23,26,28,34-35,38H,21,24-25H2,1-7H3,(H,45,51)(H,49,50)(H2,44,46,53)/t28?,34-,35?,38?,43?/m0/s1. The number of urea groups is 2. The number of imide groups is 1. The molecule has 1 saturated heterocycles. The molecule has 0 bridgehead atoms. The van der Waals surface area contributed by atoms with Gasteiger partial charge in [0.05, 0.1) is 20.6 Å². The first-order chi connectivity index (χ1) is 26.7. The summed E-state index contributed by atoms with van der Waals surface area (Å²) in [5.41, 5.74) is 1.87. The third-order valence-electron chi connectivity index (χ3n) is 10.4. The number of methoxy groups -OCH3 is 2. The van der Waals surface area contributed by atoms with Gasteiger partial charge in [-0.25, -0.2) is 14.5 Å². The normalized spacial score (nSPS) is 20.5. The number of carboxylic acids is 1. The minimum atomic E-state index is -1.50. The van der Waals surface area contributed by atoms with Crippen LogP contribution < -0.4 is 16.0 Å². The number of hydrogen-bond donors (Lipinski definition) is 4. The number of hydrogen-bond acceptors (Lipinski definition) is 7. The summed E-state index contributed by atoms with van der Waals surface area (Å²) in [4.78, 5) is 71.3. The van der Waals surface area contributed by atoms with Gasteiger partial charge in [0.2, 0.25) is 5.91 Å². The Morgan fingerprint density at radius 2 is 1.57 bits per heavy atom. The molecule has 6 amide bonds. The lowest BCUT2D eigenvalue weighted by Crippen LogP contribution is -2.55. The number of carboxylic acid groups (broad SMARTS) is 1. The summed E-state index contributed by atoms with van der Waals surface area (Å²) in [5, 5.41) is 18.5. The monoisotopic (exact) mass is 765 g/mol. The van der Waals surface area contributed by atoms with E-state index in [-0.39, 0.29) is 24.8 Å². The highest BCUT2D eigenvalue weighted by Crippen LogP contribution is 2.41. The third-order valence-corrected chi connectivity index (χ3v) is 10.4. The van der Waals surface area contributed by atoms with E-state index in [0.717, 1.165) is 10.5 Å². The second-order valence-corrected chi connectivity index (χ2v) is 14.8. The maximum atomic E-state index is 14.8. The quantitative estimate of drug-likeness (QED) is 0.120. The fourth-order valence-electron chi connectivity index (χ4n) is 7.48. The highest BCUT2D eigenvalue weighted by Gasteiger charge is 2.58. The smallest absolute Gasteiger partial charge is 0.329 e. The highest BCUT2D eigenvalue weighted by atomic mass is 16.5. The molecule has 56 heavy (non-hydrogen) atoms. The molecule has 13 heteroatoms. The van der Waals surface area contributed by atoms with Crippen LogP contribution in [-0.4, -0.2) is 71.1 Å². The van der Waals surface area contributed by atoms with Crippen LogP contribution in [0.4, 0.5) is 21.0 Å². The van der Waals surface area contributed by atoms with E-state index in [1.54, 1.807) is 61.5 Å². The molecule has 13 nitrogen and oxygen atoms in total. The molecule has 1 aliphatic carbocycles. The van der Waals surface area contributed by atoms with Crippen LogP contribution in [0.2, 0.25) is 0 Å². The molecule has 4 unspecified atom stereocenters. The Balaban J connectivity index is 1.44. The van der Waals surface area contributed by atoms with Gasteiger partial charge < -0.3 is 35.4 Å². The molecule has 3 aromatic rings. The second kappa shape index (κ2) is 17.6. The zero-order valence-electron chi connectivity index (χ0n) is 32.9. The summed E-state index contributed by atoms with van der Waals surface area (Å²) >= 11 is 0. The van der Waals surface area contributed by atoms with Crippen LogP contribution in [0.15, 0.2) is 103 Å². The van der Waals surface area contributed by atoms with E-state index in [2.05, 4.69) is 16.0 Å². The van der Waals surface area contributed by atoms with Crippen LogP contribution in [0.3, 0.4) is 0 Å². The molecule has 1 heterocycles. The van der Waals surface area contributed by atoms with Crippen molar-refractivity contribution < 1.29 is 38.6 Å². The van der Waals surface area contributed by atoms with E-state index in [9.17, 15) is 29.1 Å². The van der Waals surface area contributed by atoms with Gasteiger partial charge in [0.1, 0.15) is 23.1 Å². The Bertz CT molecular complexity index is 2000. The van der Waals surface area contributed by atoms with E-state index < -0.39 is 59.8 Å². The van der Waals surface area contributed by atoms with Gasteiger partial charge in [-0.05, 0) is 73.1 Å². The molecule has 1 aliphatic heterocycles. The SMILES string of the molecule is COC1=CC(C)C([C@H](CC(=O)O)NC(=O)C(CC(C)C)N2C(=O)N(Cc3ccc(NC(=O)Nc4ccccc4C)cc3)C(C)(c3ccccc3)C2=O)C(OC)=C1. The van der Waals surface area contributed by atoms with Crippen LogP contribution in [0.5, 0.6) is 0 Å². The van der Waals surface area contributed by atoms with Crippen LogP contribution in [-0.2, 0) is 35.9 Å². The van der Waals surface area contributed by atoms with Crippen LogP contribution in [0, 0.1) is 24.7 Å². The van der Waals surface area contributed by atoms with Gasteiger partial charge >= 0.3 is 18.0 Å². The average molecular weight is 766 g/mol. The highest BCUT2D eigenvalue weighted by molar-refractivity contribution is 6.10. The number of aliphatic carboxylic acids is 1. The summed E-state index contributed by atoms with van der Waals surface area (Å²) in [5.74, 6) is -2.35. The summed E-state index contributed by atoms with van der Waals surface area (Å²) in [6.45, 7) is 9.23. The Hall–Kier alpha value is -6.11. The van der Waals surface area contributed by atoms with E-state index in [0.29, 0.717) is 34.0 Å². The number of allylic oxidation sites excluding steroid dienone is 2. The maximum absolute atomic E-state index is 14.8. The number of carbonyl (C=O) groups excluding carboxylic acids is 4. The molecule has 5 atom stereocenters. The fraction of sp³-hybridized carbons (Fsp3) is 0.372.